The Kier molecular flexibility index (Phi) is 4.31. The standard InChI is InChI=1S/C13H10F2N2O2S/c14-11-5-8(7-16)6-12(15)13(11)20-10-3-1-9(2-4-10)17(18)19/h1-6H,7,16H2. The highest BCUT2D eigenvalue weighted by atomic mass is 32.2. The molecule has 0 spiro atoms. The summed E-state index contributed by atoms with van der Waals surface area (Å²) < 4.78 is 27.5. The molecule has 104 valence electrons. The Balaban J connectivity index is 2.28. The molecule has 2 aromatic carbocycles. The summed E-state index contributed by atoms with van der Waals surface area (Å²) in [5.41, 5.74) is 5.62. The third-order valence-electron chi connectivity index (χ3n) is 2.56. The van der Waals surface area contributed by atoms with Gasteiger partial charge in [-0.1, -0.05) is 11.8 Å². The lowest BCUT2D eigenvalue weighted by atomic mass is 10.2. The van der Waals surface area contributed by atoms with Crippen molar-refractivity contribution in [3.8, 4) is 0 Å². The molecule has 0 bridgehead atoms. The van der Waals surface area contributed by atoms with E-state index in [2.05, 4.69) is 0 Å². The van der Waals surface area contributed by atoms with Gasteiger partial charge in [0.05, 0.1) is 9.82 Å². The first-order valence-electron chi connectivity index (χ1n) is 5.61. The fraction of sp³-hybridized carbons (Fsp3) is 0.0769. The quantitative estimate of drug-likeness (QED) is 0.692. The number of non-ortho nitro benzene ring substituents is 1. The number of rotatable bonds is 4. The van der Waals surface area contributed by atoms with Gasteiger partial charge in [-0.05, 0) is 29.8 Å². The topological polar surface area (TPSA) is 69.2 Å². The van der Waals surface area contributed by atoms with Crippen molar-refractivity contribution in [3.05, 3.63) is 63.7 Å². The Labute approximate surface area is 117 Å². The summed E-state index contributed by atoms with van der Waals surface area (Å²) in [6, 6.07) is 7.81. The van der Waals surface area contributed by atoms with E-state index in [1.54, 1.807) is 0 Å². The Bertz CT molecular complexity index is 624. The van der Waals surface area contributed by atoms with Gasteiger partial charge in [-0.15, -0.1) is 0 Å². The summed E-state index contributed by atoms with van der Waals surface area (Å²) in [6.45, 7) is 0.0519. The van der Waals surface area contributed by atoms with Crippen LogP contribution in [-0.2, 0) is 6.54 Å². The lowest BCUT2D eigenvalue weighted by Gasteiger charge is -2.07. The number of nitrogens with two attached hydrogens (primary N) is 1. The second-order valence-electron chi connectivity index (χ2n) is 3.95. The molecule has 2 N–H and O–H groups in total. The second-order valence-corrected chi connectivity index (χ2v) is 5.03. The molecule has 0 heterocycles. The van der Waals surface area contributed by atoms with Crippen molar-refractivity contribution in [2.45, 2.75) is 16.3 Å². The Hall–Kier alpha value is -1.99. The van der Waals surface area contributed by atoms with Crippen LogP contribution in [0, 0.1) is 21.7 Å². The molecule has 0 unspecified atom stereocenters. The number of hydrogen-bond donors (Lipinski definition) is 1. The molecule has 7 heteroatoms. The highest BCUT2D eigenvalue weighted by Gasteiger charge is 2.13. The van der Waals surface area contributed by atoms with Gasteiger partial charge in [0, 0.05) is 23.6 Å². The van der Waals surface area contributed by atoms with Crippen molar-refractivity contribution in [3.63, 3.8) is 0 Å². The zero-order chi connectivity index (χ0) is 14.7. The van der Waals surface area contributed by atoms with Crippen molar-refractivity contribution in [1.29, 1.82) is 0 Å². The summed E-state index contributed by atoms with van der Waals surface area (Å²) in [5, 5.41) is 10.5. The van der Waals surface area contributed by atoms with E-state index in [0.717, 1.165) is 11.8 Å². The highest BCUT2D eigenvalue weighted by Crippen LogP contribution is 2.33. The molecule has 20 heavy (non-hydrogen) atoms. The molecule has 2 rings (SSSR count). The molecule has 0 fully saturated rings. The largest absolute Gasteiger partial charge is 0.326 e. The molecule has 0 aliphatic rings. The highest BCUT2D eigenvalue weighted by molar-refractivity contribution is 7.99. The average Bonchev–Trinajstić information content (AvgIpc) is 2.43. The number of benzene rings is 2. The van der Waals surface area contributed by atoms with Gasteiger partial charge in [-0.2, -0.15) is 0 Å². The molecule has 0 amide bonds. The SMILES string of the molecule is NCc1cc(F)c(Sc2ccc([N+](=O)[O-])cc2)c(F)c1. The first-order valence-corrected chi connectivity index (χ1v) is 6.43. The fourth-order valence-corrected chi connectivity index (χ4v) is 2.40. The third kappa shape index (κ3) is 3.12. The van der Waals surface area contributed by atoms with Gasteiger partial charge in [0.25, 0.3) is 5.69 Å². The van der Waals surface area contributed by atoms with Crippen LogP contribution in [0.3, 0.4) is 0 Å². The maximum atomic E-state index is 13.8. The summed E-state index contributed by atoms with van der Waals surface area (Å²) in [4.78, 5) is 10.3. The Morgan fingerprint density at radius 2 is 1.70 bits per heavy atom. The minimum atomic E-state index is -0.700. The van der Waals surface area contributed by atoms with E-state index in [9.17, 15) is 18.9 Å². The number of halogens is 2. The lowest BCUT2D eigenvalue weighted by molar-refractivity contribution is -0.384. The molecule has 0 saturated heterocycles. The monoisotopic (exact) mass is 296 g/mol. The van der Waals surface area contributed by atoms with Crippen molar-refractivity contribution in [2.24, 2.45) is 5.73 Å². The van der Waals surface area contributed by atoms with Crippen LogP contribution in [-0.4, -0.2) is 4.92 Å². The molecular weight excluding hydrogens is 286 g/mol. The molecule has 0 aromatic heterocycles. The smallest absolute Gasteiger partial charge is 0.269 e. The molecule has 0 aliphatic carbocycles. The molecule has 2 aromatic rings. The van der Waals surface area contributed by atoms with Gasteiger partial charge in [-0.25, -0.2) is 8.78 Å². The van der Waals surface area contributed by atoms with Gasteiger partial charge < -0.3 is 5.73 Å². The van der Waals surface area contributed by atoms with Crippen LogP contribution in [0.2, 0.25) is 0 Å². The van der Waals surface area contributed by atoms with Crippen LogP contribution in [0.15, 0.2) is 46.2 Å². The van der Waals surface area contributed by atoms with Gasteiger partial charge >= 0.3 is 0 Å². The number of nitrogens with zero attached hydrogens (tertiary/aromatic N) is 1. The molecule has 0 atom stereocenters. The van der Waals surface area contributed by atoms with E-state index in [1.165, 1.54) is 36.4 Å². The third-order valence-corrected chi connectivity index (χ3v) is 3.66. The van der Waals surface area contributed by atoms with Crippen molar-refractivity contribution < 1.29 is 13.7 Å². The molecule has 4 nitrogen and oxygen atoms in total. The Morgan fingerprint density at radius 1 is 1.15 bits per heavy atom. The zero-order valence-electron chi connectivity index (χ0n) is 10.2. The molecular formula is C13H10F2N2O2S. The van der Waals surface area contributed by atoms with Crippen molar-refractivity contribution in [1.82, 2.24) is 0 Å². The Morgan fingerprint density at radius 3 is 2.15 bits per heavy atom. The predicted molar refractivity (Wildman–Crippen MR) is 71.5 cm³/mol. The lowest BCUT2D eigenvalue weighted by Crippen LogP contribution is -1.99. The molecule has 0 aliphatic heterocycles. The first-order chi connectivity index (χ1) is 9.51. The molecule has 0 saturated carbocycles. The number of hydrogen-bond acceptors (Lipinski definition) is 4. The number of nitro groups is 1. The zero-order valence-corrected chi connectivity index (χ0v) is 11.0. The number of nitro benzene ring substituents is 1. The van der Waals surface area contributed by atoms with Gasteiger partial charge in [0.2, 0.25) is 0 Å². The molecule has 0 radical (unpaired) electrons. The predicted octanol–water partition coefficient (Wildman–Crippen LogP) is 3.48. The van der Waals surface area contributed by atoms with E-state index < -0.39 is 16.6 Å². The summed E-state index contributed by atoms with van der Waals surface area (Å²) in [5.74, 6) is -1.40. The first kappa shape index (κ1) is 14.4. The van der Waals surface area contributed by atoms with E-state index in [1.807, 2.05) is 0 Å². The van der Waals surface area contributed by atoms with E-state index in [4.69, 9.17) is 5.73 Å². The van der Waals surface area contributed by atoms with Gasteiger partial charge in [0.1, 0.15) is 11.6 Å². The van der Waals surface area contributed by atoms with Crippen LogP contribution in [0.1, 0.15) is 5.56 Å². The van der Waals surface area contributed by atoms with E-state index in [0.29, 0.717) is 10.5 Å². The maximum Gasteiger partial charge on any atom is 0.269 e. The van der Waals surface area contributed by atoms with E-state index >= 15 is 0 Å². The van der Waals surface area contributed by atoms with Crippen LogP contribution in [0.5, 0.6) is 0 Å². The summed E-state index contributed by atoms with van der Waals surface area (Å²) in [7, 11) is 0. The minimum Gasteiger partial charge on any atom is -0.326 e. The van der Waals surface area contributed by atoms with E-state index in [-0.39, 0.29) is 17.1 Å². The fourth-order valence-electron chi connectivity index (χ4n) is 1.58. The van der Waals surface area contributed by atoms with Crippen LogP contribution >= 0.6 is 11.8 Å². The maximum absolute atomic E-state index is 13.8. The van der Waals surface area contributed by atoms with Crippen LogP contribution < -0.4 is 5.73 Å². The second kappa shape index (κ2) is 5.98. The van der Waals surface area contributed by atoms with Crippen molar-refractivity contribution in [2.75, 3.05) is 0 Å². The van der Waals surface area contributed by atoms with Gasteiger partial charge in [0.15, 0.2) is 0 Å². The van der Waals surface area contributed by atoms with Crippen LogP contribution in [0.4, 0.5) is 14.5 Å². The average molecular weight is 296 g/mol. The summed E-state index contributed by atoms with van der Waals surface area (Å²) in [6.07, 6.45) is 0. The van der Waals surface area contributed by atoms with Crippen molar-refractivity contribution >= 4 is 17.4 Å². The normalized spacial score (nSPS) is 10.6. The van der Waals surface area contributed by atoms with Gasteiger partial charge in [-0.3, -0.25) is 10.1 Å². The summed E-state index contributed by atoms with van der Waals surface area (Å²) >= 11 is 0.867. The van der Waals surface area contributed by atoms with Crippen LogP contribution in [0.25, 0.3) is 0 Å². The minimum absolute atomic E-state index is 0.0519.